The van der Waals surface area contributed by atoms with E-state index in [0.29, 0.717) is 23.1 Å². The van der Waals surface area contributed by atoms with Crippen molar-refractivity contribution in [2.45, 2.75) is 13.5 Å². The largest absolute Gasteiger partial charge is 0.489 e. The van der Waals surface area contributed by atoms with Crippen LogP contribution in [0.3, 0.4) is 0 Å². The molecule has 2 N–H and O–H groups in total. The van der Waals surface area contributed by atoms with Crippen LogP contribution in [0.25, 0.3) is 0 Å². The molecular formula is C23H19BrClN3O3. The molecule has 0 bridgehead atoms. The Balaban J connectivity index is 1.48. The van der Waals surface area contributed by atoms with E-state index in [4.69, 9.17) is 16.3 Å². The van der Waals surface area contributed by atoms with Gasteiger partial charge in [-0.25, -0.2) is 5.43 Å². The second-order valence-corrected chi connectivity index (χ2v) is 7.95. The number of hydrogen-bond donors (Lipinski definition) is 2. The summed E-state index contributed by atoms with van der Waals surface area (Å²) >= 11 is 9.22. The van der Waals surface area contributed by atoms with Crippen molar-refractivity contribution in [1.29, 1.82) is 0 Å². The highest BCUT2D eigenvalue weighted by Crippen LogP contribution is 2.20. The van der Waals surface area contributed by atoms with E-state index in [1.807, 2.05) is 37.3 Å². The minimum atomic E-state index is -0.860. The molecule has 0 aliphatic carbocycles. The Kier molecular flexibility index (Phi) is 7.81. The van der Waals surface area contributed by atoms with Crippen LogP contribution in [0.15, 0.2) is 76.3 Å². The highest BCUT2D eigenvalue weighted by molar-refractivity contribution is 9.10. The van der Waals surface area contributed by atoms with E-state index in [1.54, 1.807) is 36.4 Å². The standard InChI is InChI=1S/C23H19BrClN3O3/c1-15-12-18(24)6-11-21(15)27-22(29)23(30)28-26-13-16-4-9-20(10-5-16)31-14-17-2-7-19(25)8-3-17/h2-13H,14H2,1H3,(H,27,29)(H,28,30)/b26-13+. The second kappa shape index (κ2) is 10.7. The third kappa shape index (κ3) is 6.94. The Hall–Kier alpha value is -3.16. The van der Waals surface area contributed by atoms with Gasteiger partial charge in [0.25, 0.3) is 0 Å². The molecule has 0 aliphatic heterocycles. The molecule has 0 aliphatic rings. The van der Waals surface area contributed by atoms with Crippen LogP contribution in [-0.2, 0) is 16.2 Å². The summed E-state index contributed by atoms with van der Waals surface area (Å²) in [7, 11) is 0. The number of benzene rings is 3. The Labute approximate surface area is 193 Å². The molecule has 0 atom stereocenters. The molecule has 3 aromatic carbocycles. The number of ether oxygens (including phenoxy) is 1. The van der Waals surface area contributed by atoms with E-state index in [-0.39, 0.29) is 0 Å². The Morgan fingerprint density at radius 1 is 1.03 bits per heavy atom. The number of carbonyl (C=O) groups is 2. The monoisotopic (exact) mass is 499 g/mol. The van der Waals surface area contributed by atoms with E-state index >= 15 is 0 Å². The summed E-state index contributed by atoms with van der Waals surface area (Å²) in [5.41, 5.74) is 5.35. The molecule has 3 rings (SSSR count). The summed E-state index contributed by atoms with van der Waals surface area (Å²) in [5.74, 6) is -0.963. The second-order valence-electron chi connectivity index (χ2n) is 6.60. The van der Waals surface area contributed by atoms with Gasteiger partial charge in [-0.2, -0.15) is 5.10 Å². The van der Waals surface area contributed by atoms with Gasteiger partial charge in [-0.3, -0.25) is 9.59 Å². The van der Waals surface area contributed by atoms with Crippen molar-refractivity contribution >= 4 is 51.2 Å². The molecule has 2 amide bonds. The first-order chi connectivity index (χ1) is 14.9. The molecule has 0 saturated heterocycles. The number of nitrogens with one attached hydrogen (secondary N) is 2. The van der Waals surface area contributed by atoms with Gasteiger partial charge < -0.3 is 10.1 Å². The van der Waals surface area contributed by atoms with E-state index in [2.05, 4.69) is 31.8 Å². The SMILES string of the molecule is Cc1cc(Br)ccc1NC(=O)C(=O)N/N=C/c1ccc(OCc2ccc(Cl)cc2)cc1. The fraction of sp³-hybridized carbons (Fsp3) is 0.0870. The van der Waals surface area contributed by atoms with Gasteiger partial charge in [0, 0.05) is 15.2 Å². The smallest absolute Gasteiger partial charge is 0.329 e. The van der Waals surface area contributed by atoms with Crippen molar-refractivity contribution in [3.8, 4) is 5.75 Å². The van der Waals surface area contributed by atoms with Crippen LogP contribution in [-0.4, -0.2) is 18.0 Å². The van der Waals surface area contributed by atoms with Crippen molar-refractivity contribution in [3.05, 3.63) is 92.9 Å². The minimum absolute atomic E-state index is 0.424. The fourth-order valence-electron chi connectivity index (χ4n) is 2.56. The molecule has 0 heterocycles. The maximum absolute atomic E-state index is 12.0. The first-order valence-corrected chi connectivity index (χ1v) is 10.5. The molecule has 31 heavy (non-hydrogen) atoms. The maximum atomic E-state index is 12.0. The topological polar surface area (TPSA) is 79.8 Å². The normalized spacial score (nSPS) is 10.7. The molecule has 8 heteroatoms. The minimum Gasteiger partial charge on any atom is -0.489 e. The fourth-order valence-corrected chi connectivity index (χ4v) is 3.16. The molecule has 0 spiro atoms. The molecule has 0 radical (unpaired) electrons. The van der Waals surface area contributed by atoms with Crippen molar-refractivity contribution in [2.75, 3.05) is 5.32 Å². The summed E-state index contributed by atoms with van der Waals surface area (Å²) in [5, 5.41) is 7.06. The van der Waals surface area contributed by atoms with Gasteiger partial charge in [-0.05, 0) is 78.2 Å². The number of carbonyl (C=O) groups excluding carboxylic acids is 2. The zero-order valence-electron chi connectivity index (χ0n) is 16.6. The molecule has 0 saturated carbocycles. The molecule has 3 aromatic rings. The molecule has 0 unspecified atom stereocenters. The lowest BCUT2D eigenvalue weighted by atomic mass is 10.2. The maximum Gasteiger partial charge on any atom is 0.329 e. The van der Waals surface area contributed by atoms with Crippen LogP contribution in [0.1, 0.15) is 16.7 Å². The third-order valence-electron chi connectivity index (χ3n) is 4.22. The van der Waals surface area contributed by atoms with Gasteiger partial charge in [0.15, 0.2) is 0 Å². The summed E-state index contributed by atoms with van der Waals surface area (Å²) in [6, 6.07) is 19.9. The lowest BCUT2D eigenvalue weighted by Gasteiger charge is -2.07. The highest BCUT2D eigenvalue weighted by atomic mass is 79.9. The van der Waals surface area contributed by atoms with Gasteiger partial charge in [0.2, 0.25) is 0 Å². The molecule has 0 aromatic heterocycles. The first kappa shape index (κ1) is 22.5. The lowest BCUT2D eigenvalue weighted by Crippen LogP contribution is -2.32. The molecule has 6 nitrogen and oxygen atoms in total. The average Bonchev–Trinajstić information content (AvgIpc) is 2.76. The molecule has 158 valence electrons. The van der Waals surface area contributed by atoms with Crippen molar-refractivity contribution < 1.29 is 14.3 Å². The van der Waals surface area contributed by atoms with E-state index < -0.39 is 11.8 Å². The van der Waals surface area contributed by atoms with Crippen LogP contribution in [0, 0.1) is 6.92 Å². The number of hydrazone groups is 1. The van der Waals surface area contributed by atoms with Gasteiger partial charge in [-0.1, -0.05) is 39.7 Å². The Morgan fingerprint density at radius 2 is 1.74 bits per heavy atom. The van der Waals surface area contributed by atoms with Crippen LogP contribution >= 0.6 is 27.5 Å². The zero-order chi connectivity index (χ0) is 22.2. The summed E-state index contributed by atoms with van der Waals surface area (Å²) in [6.07, 6.45) is 1.44. The van der Waals surface area contributed by atoms with Gasteiger partial charge in [0.1, 0.15) is 12.4 Å². The van der Waals surface area contributed by atoms with Gasteiger partial charge in [0.05, 0.1) is 6.21 Å². The number of rotatable bonds is 6. The van der Waals surface area contributed by atoms with Crippen LogP contribution in [0.5, 0.6) is 5.75 Å². The number of amides is 2. The van der Waals surface area contributed by atoms with Crippen LogP contribution in [0.4, 0.5) is 5.69 Å². The van der Waals surface area contributed by atoms with Gasteiger partial charge >= 0.3 is 11.8 Å². The molecule has 0 fully saturated rings. The Bertz CT molecular complexity index is 1100. The third-order valence-corrected chi connectivity index (χ3v) is 4.97. The quantitative estimate of drug-likeness (QED) is 0.281. The number of halogens is 2. The Morgan fingerprint density at radius 3 is 2.42 bits per heavy atom. The number of aryl methyl sites for hydroxylation is 1. The predicted molar refractivity (Wildman–Crippen MR) is 125 cm³/mol. The van der Waals surface area contributed by atoms with Crippen molar-refractivity contribution in [1.82, 2.24) is 5.43 Å². The van der Waals surface area contributed by atoms with E-state index in [0.717, 1.165) is 21.2 Å². The first-order valence-electron chi connectivity index (χ1n) is 9.28. The average molecular weight is 501 g/mol. The number of anilines is 1. The zero-order valence-corrected chi connectivity index (χ0v) is 18.9. The number of nitrogens with zero attached hydrogens (tertiary/aromatic N) is 1. The van der Waals surface area contributed by atoms with Crippen molar-refractivity contribution in [2.24, 2.45) is 5.10 Å². The highest BCUT2D eigenvalue weighted by Gasteiger charge is 2.13. The summed E-state index contributed by atoms with van der Waals surface area (Å²) in [6.45, 7) is 2.26. The van der Waals surface area contributed by atoms with E-state index in [1.165, 1.54) is 6.21 Å². The van der Waals surface area contributed by atoms with E-state index in [9.17, 15) is 9.59 Å². The predicted octanol–water partition coefficient (Wildman–Crippen LogP) is 5.08. The molecular weight excluding hydrogens is 482 g/mol. The van der Waals surface area contributed by atoms with Crippen molar-refractivity contribution in [3.63, 3.8) is 0 Å². The summed E-state index contributed by atoms with van der Waals surface area (Å²) in [4.78, 5) is 23.9. The lowest BCUT2D eigenvalue weighted by molar-refractivity contribution is -0.136. The summed E-state index contributed by atoms with van der Waals surface area (Å²) < 4.78 is 6.61. The van der Waals surface area contributed by atoms with Crippen LogP contribution in [0.2, 0.25) is 5.02 Å². The number of hydrogen-bond acceptors (Lipinski definition) is 4. The van der Waals surface area contributed by atoms with Gasteiger partial charge in [-0.15, -0.1) is 0 Å². The van der Waals surface area contributed by atoms with Crippen LogP contribution < -0.4 is 15.5 Å².